The zero-order valence-electron chi connectivity index (χ0n) is 31.5. The molecule has 0 saturated carbocycles. The molecular weight excluding hydrogens is 673 g/mol. The number of aromatic carboxylic acids is 1. The number of hydrogen-bond acceptors (Lipinski definition) is 10. The second-order valence-electron chi connectivity index (χ2n) is 15.8. The third-order valence-electron chi connectivity index (χ3n) is 8.70. The topological polar surface area (TPSA) is 152 Å². The Morgan fingerprint density at radius 2 is 1.44 bits per heavy atom. The molecule has 12 nitrogen and oxygen atoms in total. The van der Waals surface area contributed by atoms with Crippen molar-refractivity contribution in [2.45, 2.75) is 129 Å². The molecule has 2 amide bonds. The van der Waals surface area contributed by atoms with Crippen LogP contribution in [0.5, 0.6) is 11.5 Å². The van der Waals surface area contributed by atoms with Crippen molar-refractivity contribution in [2.75, 3.05) is 19.5 Å². The number of hydrogen-bond donors (Lipinski definition) is 2. The van der Waals surface area contributed by atoms with E-state index in [1.165, 1.54) is 0 Å². The number of esters is 1. The molecule has 0 spiro atoms. The van der Waals surface area contributed by atoms with Gasteiger partial charge in [0.25, 0.3) is 6.41 Å². The number of aliphatic hydroxyl groups excluding tert-OH is 1. The Balaban J connectivity index is 3.85. The SMILES string of the molecule is COC(=O)C(CSCc1c(O[Si](C)(C)C(C)(C)C)cc(O[Si](C)(C)C(C)(C)C)c(C)c1C(=O)O)N(C(=O)CCO)N(C=O)OC(C)(C)C. The zero-order chi connectivity index (χ0) is 37.6. The van der Waals surface area contributed by atoms with Crippen LogP contribution in [0.3, 0.4) is 0 Å². The third kappa shape index (κ3) is 11.2. The van der Waals surface area contributed by atoms with Gasteiger partial charge in [-0.05, 0) is 64.0 Å². The van der Waals surface area contributed by atoms with Crippen LogP contribution in [-0.2, 0) is 29.7 Å². The second kappa shape index (κ2) is 16.4. The van der Waals surface area contributed by atoms with Crippen molar-refractivity contribution in [1.82, 2.24) is 10.2 Å². The fourth-order valence-corrected chi connectivity index (χ4v) is 7.16. The molecule has 1 atom stereocenters. The number of nitrogens with zero attached hydrogens (tertiary/aromatic N) is 2. The summed E-state index contributed by atoms with van der Waals surface area (Å²) in [5, 5.41) is 21.2. The van der Waals surface area contributed by atoms with Crippen LogP contribution >= 0.6 is 11.8 Å². The van der Waals surface area contributed by atoms with Crippen molar-refractivity contribution in [3.05, 3.63) is 22.8 Å². The molecule has 274 valence electrons. The Kier molecular flexibility index (Phi) is 14.8. The summed E-state index contributed by atoms with van der Waals surface area (Å²) in [4.78, 5) is 57.1. The van der Waals surface area contributed by atoms with Gasteiger partial charge in [-0.1, -0.05) is 41.5 Å². The summed E-state index contributed by atoms with van der Waals surface area (Å²) in [5.74, 6) is -1.93. The average Bonchev–Trinajstić information content (AvgIpc) is 2.91. The van der Waals surface area contributed by atoms with Gasteiger partial charge in [-0.25, -0.2) is 19.4 Å². The van der Waals surface area contributed by atoms with Crippen LogP contribution in [0.25, 0.3) is 0 Å². The van der Waals surface area contributed by atoms with Crippen molar-refractivity contribution in [1.29, 1.82) is 0 Å². The van der Waals surface area contributed by atoms with Crippen molar-refractivity contribution in [2.24, 2.45) is 0 Å². The van der Waals surface area contributed by atoms with Crippen molar-refractivity contribution in [3.63, 3.8) is 0 Å². The number of ether oxygens (including phenoxy) is 1. The number of carboxylic acids is 1. The standard InChI is InChI=1S/C33H58N2O10SSi2/c1-22-25(43-47(12,13)32(5,6)7)18-26(44-48(14,15)33(8,9)10)23(28(22)29(39)40)19-46-20-24(30(41)42-11)35(27(38)16-17-36)34(21-37)45-31(2,3)4/h18,21,24,36H,16-17,19-20H2,1-15H3,(H,39,40). The Morgan fingerprint density at radius 1 is 0.938 bits per heavy atom. The van der Waals surface area contributed by atoms with Crippen molar-refractivity contribution in [3.8, 4) is 11.5 Å². The van der Waals surface area contributed by atoms with E-state index in [1.807, 2.05) is 0 Å². The van der Waals surface area contributed by atoms with Crippen LogP contribution in [0.15, 0.2) is 6.07 Å². The molecule has 0 aliphatic carbocycles. The highest BCUT2D eigenvalue weighted by molar-refractivity contribution is 7.98. The van der Waals surface area contributed by atoms with Crippen molar-refractivity contribution < 1.29 is 47.8 Å². The number of methoxy groups -OCH3 is 1. The molecule has 1 aromatic rings. The number of aliphatic hydroxyl groups is 1. The first-order valence-corrected chi connectivity index (χ1v) is 22.9. The number of hydrazine groups is 1. The van der Waals surface area contributed by atoms with Crippen LogP contribution in [-0.4, -0.2) is 92.4 Å². The quantitative estimate of drug-likeness (QED) is 0.0824. The predicted octanol–water partition coefficient (Wildman–Crippen LogP) is 6.55. The zero-order valence-corrected chi connectivity index (χ0v) is 34.3. The third-order valence-corrected chi connectivity index (χ3v) is 18.4. The van der Waals surface area contributed by atoms with E-state index < -0.39 is 59.2 Å². The lowest BCUT2D eigenvalue weighted by atomic mass is 10.0. The first-order valence-electron chi connectivity index (χ1n) is 16.0. The molecule has 0 bridgehead atoms. The lowest BCUT2D eigenvalue weighted by molar-refractivity contribution is -0.298. The molecule has 0 saturated heterocycles. The van der Waals surface area contributed by atoms with E-state index in [9.17, 15) is 29.4 Å². The van der Waals surface area contributed by atoms with Gasteiger partial charge in [0.05, 0.1) is 31.3 Å². The van der Waals surface area contributed by atoms with Gasteiger partial charge in [0.2, 0.25) is 22.5 Å². The molecule has 0 fully saturated rings. The van der Waals surface area contributed by atoms with Gasteiger partial charge in [0, 0.05) is 28.7 Å². The number of thioether (sulfide) groups is 1. The summed E-state index contributed by atoms with van der Waals surface area (Å²) in [6.45, 7) is 27.1. The summed E-state index contributed by atoms with van der Waals surface area (Å²) in [5.41, 5.74) is -0.0151. The van der Waals surface area contributed by atoms with Gasteiger partial charge >= 0.3 is 11.9 Å². The first kappa shape index (κ1) is 43.4. The number of rotatable bonds is 16. The molecule has 1 aromatic carbocycles. The minimum absolute atomic E-state index is 0.0424. The second-order valence-corrected chi connectivity index (χ2v) is 26.2. The maximum absolute atomic E-state index is 13.2. The molecule has 0 aliphatic heterocycles. The Labute approximate surface area is 293 Å². The molecular formula is C33H58N2O10SSi2. The minimum Gasteiger partial charge on any atom is -0.543 e. The predicted molar refractivity (Wildman–Crippen MR) is 193 cm³/mol. The van der Waals surface area contributed by atoms with Gasteiger partial charge in [-0.3, -0.25) is 9.59 Å². The average molecular weight is 731 g/mol. The fraction of sp³-hybridized carbons (Fsp3) is 0.697. The van der Waals surface area contributed by atoms with Crippen LogP contribution in [0.1, 0.15) is 90.2 Å². The van der Waals surface area contributed by atoms with Gasteiger partial charge in [0.15, 0.2) is 6.04 Å². The lowest BCUT2D eigenvalue weighted by Gasteiger charge is -2.39. The summed E-state index contributed by atoms with van der Waals surface area (Å²) >= 11 is 1.16. The summed E-state index contributed by atoms with van der Waals surface area (Å²) in [7, 11) is -3.73. The molecule has 48 heavy (non-hydrogen) atoms. The normalized spacial score (nSPS) is 13.4. The van der Waals surface area contributed by atoms with E-state index in [0.29, 0.717) is 27.8 Å². The number of benzene rings is 1. The van der Waals surface area contributed by atoms with Gasteiger partial charge < -0.3 is 23.8 Å². The molecule has 15 heteroatoms. The number of carboxylic acid groups (broad SMARTS) is 1. The smallest absolute Gasteiger partial charge is 0.336 e. The van der Waals surface area contributed by atoms with Crippen LogP contribution in [0, 0.1) is 6.92 Å². The van der Waals surface area contributed by atoms with Crippen LogP contribution < -0.4 is 8.85 Å². The molecule has 0 aliphatic rings. The molecule has 0 radical (unpaired) electrons. The van der Waals surface area contributed by atoms with E-state index in [4.69, 9.17) is 18.4 Å². The Hall–Kier alpha value is -2.60. The van der Waals surface area contributed by atoms with Crippen molar-refractivity contribution >= 4 is 52.7 Å². The largest absolute Gasteiger partial charge is 0.543 e. The molecule has 1 unspecified atom stereocenters. The monoisotopic (exact) mass is 730 g/mol. The summed E-state index contributed by atoms with van der Waals surface area (Å²) in [6, 6.07) is 0.436. The van der Waals surface area contributed by atoms with Gasteiger partial charge in [-0.2, -0.15) is 11.8 Å². The summed E-state index contributed by atoms with van der Waals surface area (Å²) < 4.78 is 18.4. The number of hydroxylamine groups is 1. The number of carbonyl (C=O) groups excluding carboxylic acids is 3. The Morgan fingerprint density at radius 3 is 1.83 bits per heavy atom. The van der Waals surface area contributed by atoms with E-state index in [1.54, 1.807) is 33.8 Å². The summed E-state index contributed by atoms with van der Waals surface area (Å²) in [6.07, 6.45) is -0.127. The molecule has 2 N–H and O–H groups in total. The van der Waals surface area contributed by atoms with E-state index in [-0.39, 0.29) is 33.6 Å². The maximum atomic E-state index is 13.2. The van der Waals surface area contributed by atoms with Gasteiger partial charge in [-0.15, -0.1) is 5.17 Å². The number of carbonyl (C=O) groups is 4. The van der Waals surface area contributed by atoms with E-state index >= 15 is 0 Å². The number of amides is 2. The maximum Gasteiger partial charge on any atom is 0.336 e. The lowest BCUT2D eigenvalue weighted by Crippen LogP contribution is -2.57. The van der Waals surface area contributed by atoms with Crippen LogP contribution in [0.2, 0.25) is 36.3 Å². The highest BCUT2D eigenvalue weighted by Gasteiger charge is 2.43. The fourth-order valence-electron chi connectivity index (χ4n) is 3.95. The molecule has 0 aromatic heterocycles. The van der Waals surface area contributed by atoms with Gasteiger partial charge in [0.1, 0.15) is 11.5 Å². The highest BCUT2D eigenvalue weighted by Crippen LogP contribution is 2.45. The van der Waals surface area contributed by atoms with Crippen LogP contribution in [0.4, 0.5) is 0 Å². The Bertz CT molecular complexity index is 1320. The molecule has 0 heterocycles. The van der Waals surface area contributed by atoms with E-state index in [0.717, 1.165) is 23.9 Å². The van der Waals surface area contributed by atoms with E-state index in [2.05, 4.69) is 67.7 Å². The first-order chi connectivity index (χ1) is 21.7. The minimum atomic E-state index is -2.50. The highest BCUT2D eigenvalue weighted by atomic mass is 32.2. The molecule has 1 rings (SSSR count).